The van der Waals surface area contributed by atoms with Crippen LogP contribution in [0.15, 0.2) is 22.7 Å². The van der Waals surface area contributed by atoms with E-state index in [-0.39, 0.29) is 0 Å². The van der Waals surface area contributed by atoms with E-state index in [4.69, 9.17) is 0 Å². The van der Waals surface area contributed by atoms with E-state index in [0.29, 0.717) is 6.04 Å². The van der Waals surface area contributed by atoms with Crippen LogP contribution in [0, 0.1) is 11.8 Å². The fraction of sp³-hybridized carbons (Fsp3) is 0.600. The molecule has 0 amide bonds. The zero-order valence-electron chi connectivity index (χ0n) is 11.7. The Balaban J connectivity index is 2.20. The average Bonchev–Trinajstić information content (AvgIpc) is 3.03. The van der Waals surface area contributed by atoms with Crippen molar-refractivity contribution in [2.75, 3.05) is 25.5 Å². The van der Waals surface area contributed by atoms with Crippen molar-refractivity contribution in [1.29, 1.82) is 0 Å². The van der Waals surface area contributed by atoms with Crippen LogP contribution in [0.2, 0.25) is 0 Å². The van der Waals surface area contributed by atoms with Gasteiger partial charge in [-0.1, -0.05) is 28.9 Å². The normalized spacial score (nSPS) is 23.8. The van der Waals surface area contributed by atoms with Crippen LogP contribution >= 0.6 is 15.9 Å². The number of nitrogens with one attached hydrogen (secondary N) is 1. The number of halogens is 1. The van der Waals surface area contributed by atoms with Gasteiger partial charge in [-0.15, -0.1) is 0 Å². The summed E-state index contributed by atoms with van der Waals surface area (Å²) >= 11 is 3.58. The molecule has 3 atom stereocenters. The summed E-state index contributed by atoms with van der Waals surface area (Å²) in [5.74, 6) is 1.79. The molecule has 2 nitrogen and oxygen atoms in total. The fourth-order valence-electron chi connectivity index (χ4n) is 2.47. The third-order valence-corrected chi connectivity index (χ3v) is 4.58. The van der Waals surface area contributed by atoms with Crippen molar-refractivity contribution >= 4 is 21.6 Å². The summed E-state index contributed by atoms with van der Waals surface area (Å²) in [6, 6.07) is 6.95. The Hall–Kier alpha value is -0.540. The van der Waals surface area contributed by atoms with E-state index in [1.54, 1.807) is 0 Å². The molecule has 18 heavy (non-hydrogen) atoms. The van der Waals surface area contributed by atoms with E-state index < -0.39 is 0 Å². The minimum absolute atomic E-state index is 0.382. The van der Waals surface area contributed by atoms with Gasteiger partial charge in [0, 0.05) is 29.8 Å². The summed E-state index contributed by atoms with van der Waals surface area (Å²) in [6.45, 7) is 5.72. The molecule has 1 aliphatic carbocycles. The lowest BCUT2D eigenvalue weighted by atomic mass is 10.1. The smallest absolute Gasteiger partial charge is 0.0423 e. The standard InChI is InChI=1S/C15H23BrN2/c1-10-7-12(10)9-18(4)15-8-13(16)5-6-14(15)11(2)17-3/h5-6,8,10-12,17H,7,9H2,1-4H3. The minimum Gasteiger partial charge on any atom is -0.374 e. The van der Waals surface area contributed by atoms with E-state index in [2.05, 4.69) is 65.2 Å². The molecule has 1 fully saturated rings. The maximum atomic E-state index is 3.58. The largest absolute Gasteiger partial charge is 0.374 e. The van der Waals surface area contributed by atoms with Crippen LogP contribution in [0.25, 0.3) is 0 Å². The van der Waals surface area contributed by atoms with Crippen LogP contribution in [0.1, 0.15) is 31.9 Å². The summed E-state index contributed by atoms with van der Waals surface area (Å²) in [7, 11) is 4.22. The van der Waals surface area contributed by atoms with E-state index >= 15 is 0 Å². The summed E-state index contributed by atoms with van der Waals surface area (Å²) < 4.78 is 1.15. The maximum absolute atomic E-state index is 3.58. The zero-order chi connectivity index (χ0) is 13.3. The predicted molar refractivity (Wildman–Crippen MR) is 82.2 cm³/mol. The molecule has 1 saturated carbocycles. The summed E-state index contributed by atoms with van der Waals surface area (Å²) in [5, 5.41) is 3.33. The Morgan fingerprint density at radius 3 is 2.72 bits per heavy atom. The molecule has 1 aromatic carbocycles. The quantitative estimate of drug-likeness (QED) is 0.889. The number of rotatable bonds is 5. The van der Waals surface area contributed by atoms with Crippen LogP contribution in [0.3, 0.4) is 0 Å². The third-order valence-electron chi connectivity index (χ3n) is 4.09. The van der Waals surface area contributed by atoms with Gasteiger partial charge >= 0.3 is 0 Å². The zero-order valence-corrected chi connectivity index (χ0v) is 13.3. The van der Waals surface area contributed by atoms with Gasteiger partial charge in [0.25, 0.3) is 0 Å². The van der Waals surface area contributed by atoms with Gasteiger partial charge in [-0.05, 0) is 49.9 Å². The van der Waals surface area contributed by atoms with Crippen LogP contribution in [0.4, 0.5) is 5.69 Å². The highest BCUT2D eigenvalue weighted by atomic mass is 79.9. The first-order valence-electron chi connectivity index (χ1n) is 6.70. The number of benzene rings is 1. The molecule has 1 N–H and O–H groups in total. The Kier molecular flexibility index (Phi) is 4.33. The highest BCUT2D eigenvalue weighted by molar-refractivity contribution is 9.10. The molecule has 0 spiro atoms. The monoisotopic (exact) mass is 310 g/mol. The second kappa shape index (κ2) is 5.62. The van der Waals surface area contributed by atoms with Gasteiger partial charge in [0.05, 0.1) is 0 Å². The van der Waals surface area contributed by atoms with Crippen molar-refractivity contribution in [1.82, 2.24) is 5.32 Å². The first-order valence-corrected chi connectivity index (χ1v) is 7.50. The number of hydrogen-bond donors (Lipinski definition) is 1. The van der Waals surface area contributed by atoms with Crippen LogP contribution < -0.4 is 10.2 Å². The molecular weight excluding hydrogens is 288 g/mol. The van der Waals surface area contributed by atoms with Gasteiger partial charge in [-0.2, -0.15) is 0 Å². The van der Waals surface area contributed by atoms with Crippen LogP contribution in [0.5, 0.6) is 0 Å². The average molecular weight is 311 g/mol. The first kappa shape index (κ1) is 13.9. The van der Waals surface area contributed by atoms with Gasteiger partial charge in [0.1, 0.15) is 0 Å². The number of anilines is 1. The number of hydrogen-bond acceptors (Lipinski definition) is 2. The van der Waals surface area contributed by atoms with E-state index in [9.17, 15) is 0 Å². The second-order valence-electron chi connectivity index (χ2n) is 5.57. The molecular formula is C15H23BrN2. The van der Waals surface area contributed by atoms with Crippen molar-refractivity contribution in [3.05, 3.63) is 28.2 Å². The molecule has 0 bridgehead atoms. The Morgan fingerprint density at radius 2 is 2.17 bits per heavy atom. The molecule has 0 aliphatic heterocycles. The summed E-state index contributed by atoms with van der Waals surface area (Å²) in [6.07, 6.45) is 1.38. The Labute approximate surface area is 119 Å². The van der Waals surface area contributed by atoms with Gasteiger partial charge in [-0.3, -0.25) is 0 Å². The Morgan fingerprint density at radius 1 is 1.50 bits per heavy atom. The maximum Gasteiger partial charge on any atom is 0.0423 e. The molecule has 0 aromatic heterocycles. The molecule has 1 aromatic rings. The van der Waals surface area contributed by atoms with Gasteiger partial charge in [-0.25, -0.2) is 0 Å². The lowest BCUT2D eigenvalue weighted by Gasteiger charge is -2.25. The van der Waals surface area contributed by atoms with Gasteiger partial charge in [0.15, 0.2) is 0 Å². The molecule has 3 heteroatoms. The van der Waals surface area contributed by atoms with Crippen molar-refractivity contribution in [2.24, 2.45) is 11.8 Å². The highest BCUT2D eigenvalue weighted by Crippen LogP contribution is 2.39. The highest BCUT2D eigenvalue weighted by Gasteiger charge is 2.33. The predicted octanol–water partition coefficient (Wildman–Crippen LogP) is 3.82. The second-order valence-corrected chi connectivity index (χ2v) is 6.48. The molecule has 3 unspecified atom stereocenters. The molecule has 0 heterocycles. The molecule has 0 radical (unpaired) electrons. The van der Waals surface area contributed by atoms with Crippen LogP contribution in [-0.4, -0.2) is 20.6 Å². The van der Waals surface area contributed by atoms with Crippen molar-refractivity contribution < 1.29 is 0 Å². The van der Waals surface area contributed by atoms with Crippen molar-refractivity contribution in [3.63, 3.8) is 0 Å². The summed E-state index contributed by atoms with van der Waals surface area (Å²) in [4.78, 5) is 2.40. The van der Waals surface area contributed by atoms with E-state index in [1.807, 2.05) is 7.05 Å². The lowest BCUT2D eigenvalue weighted by molar-refractivity contribution is 0.645. The van der Waals surface area contributed by atoms with E-state index in [1.165, 1.54) is 24.2 Å². The van der Waals surface area contributed by atoms with Gasteiger partial charge < -0.3 is 10.2 Å². The van der Waals surface area contributed by atoms with Crippen molar-refractivity contribution in [3.8, 4) is 0 Å². The lowest BCUT2D eigenvalue weighted by Crippen LogP contribution is -2.24. The topological polar surface area (TPSA) is 15.3 Å². The number of nitrogens with zero attached hydrogens (tertiary/aromatic N) is 1. The molecule has 100 valence electrons. The molecule has 0 saturated heterocycles. The summed E-state index contributed by atoms with van der Waals surface area (Å²) in [5.41, 5.74) is 2.71. The third kappa shape index (κ3) is 3.07. The molecule has 2 rings (SSSR count). The fourth-order valence-corrected chi connectivity index (χ4v) is 2.82. The Bertz CT molecular complexity index is 419. The SMILES string of the molecule is CNC(C)c1ccc(Br)cc1N(C)CC1CC1C. The molecule has 1 aliphatic rings. The van der Waals surface area contributed by atoms with E-state index in [0.717, 1.165) is 16.3 Å². The van der Waals surface area contributed by atoms with Crippen molar-refractivity contribution in [2.45, 2.75) is 26.3 Å². The first-order chi connectivity index (χ1) is 8.52. The van der Waals surface area contributed by atoms with Crippen LogP contribution in [-0.2, 0) is 0 Å². The van der Waals surface area contributed by atoms with Gasteiger partial charge in [0.2, 0.25) is 0 Å². The minimum atomic E-state index is 0.382.